The number of hydrogen-bond donors (Lipinski definition) is 3. The van der Waals surface area contributed by atoms with E-state index in [1.807, 2.05) is 6.92 Å². The first kappa shape index (κ1) is 21.4. The van der Waals surface area contributed by atoms with E-state index in [1.54, 1.807) is 19.1 Å². The predicted octanol–water partition coefficient (Wildman–Crippen LogP) is 1.90. The zero-order chi connectivity index (χ0) is 19.0. The molecule has 0 heterocycles. The summed E-state index contributed by atoms with van der Waals surface area (Å²) in [6.07, 6.45) is 1.35. The number of benzene rings is 1. The number of hydrogen-bond acceptors (Lipinski definition) is 5. The summed E-state index contributed by atoms with van der Waals surface area (Å²) < 4.78 is 13.4. The summed E-state index contributed by atoms with van der Waals surface area (Å²) in [5, 5.41) is 26.0. The second kappa shape index (κ2) is 9.75. The summed E-state index contributed by atoms with van der Waals surface area (Å²) in [4.78, 5) is 22.7. The minimum absolute atomic E-state index is 0.0371. The molecule has 0 spiro atoms. The van der Waals surface area contributed by atoms with E-state index in [9.17, 15) is 14.0 Å². The molecule has 1 aromatic carbocycles. The molecule has 0 aliphatic heterocycles. The standard InChI is InChI=1S/C13H13FO2.C6H14O3/c1-8-12(3-2-4-13(8)14)9-5-10(15)7-11(16)6-9;1-2-6(3-7,4-8)5-9/h2-4,9H,5-7H2,1H3;7-9H,2-5H2,1H3. The van der Waals surface area contributed by atoms with E-state index in [4.69, 9.17) is 15.3 Å². The van der Waals surface area contributed by atoms with Gasteiger partial charge in [0.15, 0.2) is 0 Å². The third-order valence-corrected chi connectivity index (χ3v) is 4.85. The van der Waals surface area contributed by atoms with E-state index in [2.05, 4.69) is 0 Å². The van der Waals surface area contributed by atoms with Crippen LogP contribution in [0.5, 0.6) is 0 Å². The third kappa shape index (κ3) is 5.70. The van der Waals surface area contributed by atoms with Gasteiger partial charge in [-0.15, -0.1) is 0 Å². The molecule has 0 radical (unpaired) electrons. The average Bonchev–Trinajstić information content (AvgIpc) is 2.60. The molecule has 0 atom stereocenters. The Balaban J connectivity index is 0.000000299. The fourth-order valence-electron chi connectivity index (χ4n) is 2.76. The maximum absolute atomic E-state index is 13.4. The maximum atomic E-state index is 13.4. The fraction of sp³-hybridized carbons (Fsp3) is 0.579. The predicted molar refractivity (Wildman–Crippen MR) is 91.7 cm³/mol. The molecule has 1 fully saturated rings. The van der Waals surface area contributed by atoms with Gasteiger partial charge in [-0.2, -0.15) is 0 Å². The zero-order valence-electron chi connectivity index (χ0n) is 14.8. The van der Waals surface area contributed by atoms with E-state index >= 15 is 0 Å². The van der Waals surface area contributed by atoms with E-state index < -0.39 is 5.41 Å². The summed E-state index contributed by atoms with van der Waals surface area (Å²) in [5.41, 5.74) is 0.677. The summed E-state index contributed by atoms with van der Waals surface area (Å²) in [6.45, 7) is 3.04. The normalized spacial score (nSPS) is 15.8. The van der Waals surface area contributed by atoms with Crippen LogP contribution in [-0.2, 0) is 9.59 Å². The Bertz CT molecular complexity index is 562. The van der Waals surface area contributed by atoms with Gasteiger partial charge in [0.05, 0.1) is 26.2 Å². The second-order valence-electron chi connectivity index (χ2n) is 6.64. The maximum Gasteiger partial charge on any atom is 0.140 e. The van der Waals surface area contributed by atoms with Gasteiger partial charge in [-0.1, -0.05) is 19.1 Å². The molecule has 1 aliphatic carbocycles. The Morgan fingerprint density at radius 2 is 1.60 bits per heavy atom. The van der Waals surface area contributed by atoms with E-state index in [1.165, 1.54) is 6.07 Å². The highest BCUT2D eigenvalue weighted by Crippen LogP contribution is 2.31. The molecule has 2 rings (SSSR count). The Kier molecular flexibility index (Phi) is 8.35. The SMILES string of the molecule is CCC(CO)(CO)CO.Cc1c(F)cccc1C1CC(=O)CC(=O)C1. The molecule has 6 heteroatoms. The molecule has 1 aromatic rings. The van der Waals surface area contributed by atoms with Crippen molar-refractivity contribution in [3.8, 4) is 0 Å². The van der Waals surface area contributed by atoms with Gasteiger partial charge in [-0.3, -0.25) is 9.59 Å². The van der Waals surface area contributed by atoms with Crippen LogP contribution in [0.4, 0.5) is 4.39 Å². The lowest BCUT2D eigenvalue weighted by atomic mass is 9.81. The van der Waals surface area contributed by atoms with Gasteiger partial charge >= 0.3 is 0 Å². The quantitative estimate of drug-likeness (QED) is 0.702. The van der Waals surface area contributed by atoms with Crippen molar-refractivity contribution in [2.75, 3.05) is 19.8 Å². The lowest BCUT2D eigenvalue weighted by molar-refractivity contribution is -0.130. The minimum Gasteiger partial charge on any atom is -0.396 e. The molecule has 3 N–H and O–H groups in total. The number of carbonyl (C=O) groups excluding carboxylic acids is 2. The first-order valence-electron chi connectivity index (χ1n) is 8.43. The van der Waals surface area contributed by atoms with Gasteiger partial charge in [0.1, 0.15) is 17.4 Å². The van der Waals surface area contributed by atoms with Crippen LogP contribution < -0.4 is 0 Å². The Morgan fingerprint density at radius 1 is 1.08 bits per heavy atom. The molecular weight excluding hydrogens is 327 g/mol. The fourth-order valence-corrected chi connectivity index (χ4v) is 2.76. The van der Waals surface area contributed by atoms with Crippen molar-refractivity contribution in [3.05, 3.63) is 35.1 Å². The smallest absolute Gasteiger partial charge is 0.140 e. The highest BCUT2D eigenvalue weighted by molar-refractivity contribution is 6.02. The molecule has 5 nitrogen and oxygen atoms in total. The van der Waals surface area contributed by atoms with Crippen LogP contribution in [0.1, 0.15) is 49.7 Å². The van der Waals surface area contributed by atoms with Crippen LogP contribution in [0.25, 0.3) is 0 Å². The van der Waals surface area contributed by atoms with Gasteiger partial charge in [0, 0.05) is 18.3 Å². The Labute approximate surface area is 147 Å². The lowest BCUT2D eigenvalue weighted by Crippen LogP contribution is -2.32. The van der Waals surface area contributed by atoms with Crippen molar-refractivity contribution < 1.29 is 29.3 Å². The van der Waals surface area contributed by atoms with Crippen molar-refractivity contribution in [2.45, 2.75) is 45.4 Å². The lowest BCUT2D eigenvalue weighted by Gasteiger charge is -2.24. The minimum atomic E-state index is -0.667. The number of Topliss-reactive ketones (excluding diaryl/α,β-unsaturated/α-hetero) is 2. The molecule has 25 heavy (non-hydrogen) atoms. The van der Waals surface area contributed by atoms with E-state index in [0.29, 0.717) is 24.8 Å². The highest BCUT2D eigenvalue weighted by atomic mass is 19.1. The molecule has 0 bridgehead atoms. The van der Waals surface area contributed by atoms with Gasteiger partial charge in [0.25, 0.3) is 0 Å². The number of aliphatic hydroxyl groups is 3. The Morgan fingerprint density at radius 3 is 2.00 bits per heavy atom. The number of rotatable bonds is 5. The molecule has 1 aliphatic rings. The summed E-state index contributed by atoms with van der Waals surface area (Å²) in [5.74, 6) is -0.484. The number of halogens is 1. The van der Waals surface area contributed by atoms with Crippen molar-refractivity contribution >= 4 is 11.6 Å². The summed E-state index contributed by atoms with van der Waals surface area (Å²) >= 11 is 0. The summed E-state index contributed by atoms with van der Waals surface area (Å²) in [7, 11) is 0. The second-order valence-corrected chi connectivity index (χ2v) is 6.64. The number of ketones is 2. The van der Waals surface area contributed by atoms with E-state index in [0.717, 1.165) is 5.56 Å². The van der Waals surface area contributed by atoms with Crippen molar-refractivity contribution in [3.63, 3.8) is 0 Å². The van der Waals surface area contributed by atoms with Crippen LogP contribution in [0.2, 0.25) is 0 Å². The molecular formula is C19H27FO5. The highest BCUT2D eigenvalue weighted by Gasteiger charge is 2.28. The molecule has 0 amide bonds. The van der Waals surface area contributed by atoms with Crippen molar-refractivity contribution in [1.29, 1.82) is 0 Å². The molecule has 0 unspecified atom stereocenters. The van der Waals surface area contributed by atoms with Gasteiger partial charge < -0.3 is 15.3 Å². The van der Waals surface area contributed by atoms with Crippen LogP contribution >= 0.6 is 0 Å². The molecule has 0 saturated heterocycles. The summed E-state index contributed by atoms with van der Waals surface area (Å²) in [6, 6.07) is 4.82. The number of aliphatic hydroxyl groups excluding tert-OH is 3. The van der Waals surface area contributed by atoms with Crippen molar-refractivity contribution in [1.82, 2.24) is 0 Å². The van der Waals surface area contributed by atoms with Gasteiger partial charge in [-0.25, -0.2) is 4.39 Å². The van der Waals surface area contributed by atoms with E-state index in [-0.39, 0.29) is 49.5 Å². The average molecular weight is 354 g/mol. The topological polar surface area (TPSA) is 94.8 Å². The zero-order valence-corrected chi connectivity index (χ0v) is 14.8. The molecule has 1 saturated carbocycles. The number of carbonyl (C=O) groups is 2. The first-order valence-corrected chi connectivity index (χ1v) is 8.43. The van der Waals surface area contributed by atoms with Crippen LogP contribution in [0, 0.1) is 18.2 Å². The largest absolute Gasteiger partial charge is 0.396 e. The Hall–Kier alpha value is -1.63. The monoisotopic (exact) mass is 354 g/mol. The molecule has 0 aromatic heterocycles. The van der Waals surface area contributed by atoms with Crippen LogP contribution in [-0.4, -0.2) is 46.7 Å². The van der Waals surface area contributed by atoms with Gasteiger partial charge in [-0.05, 0) is 36.5 Å². The van der Waals surface area contributed by atoms with Gasteiger partial charge in [0.2, 0.25) is 0 Å². The first-order chi connectivity index (χ1) is 11.8. The van der Waals surface area contributed by atoms with Crippen LogP contribution in [0.15, 0.2) is 18.2 Å². The van der Waals surface area contributed by atoms with Crippen molar-refractivity contribution in [2.24, 2.45) is 5.41 Å². The third-order valence-electron chi connectivity index (χ3n) is 4.85. The molecule has 140 valence electrons. The van der Waals surface area contributed by atoms with Crippen LogP contribution in [0.3, 0.4) is 0 Å².